The van der Waals surface area contributed by atoms with Gasteiger partial charge in [-0.15, -0.1) is 0 Å². The lowest BCUT2D eigenvalue weighted by atomic mass is 10.00. The van der Waals surface area contributed by atoms with Gasteiger partial charge in [-0.25, -0.2) is 4.79 Å². The number of rotatable bonds is 22. The fourth-order valence-electron chi connectivity index (χ4n) is 5.48. The summed E-state index contributed by atoms with van der Waals surface area (Å²) < 4.78 is 11.5. The minimum atomic E-state index is -0.348. The summed E-state index contributed by atoms with van der Waals surface area (Å²) in [5.41, 5.74) is 5.30. The van der Waals surface area contributed by atoms with Crippen molar-refractivity contribution in [1.82, 2.24) is 0 Å². The van der Waals surface area contributed by atoms with Gasteiger partial charge >= 0.3 is 5.97 Å². The summed E-state index contributed by atoms with van der Waals surface area (Å²) in [6.07, 6.45) is 21.4. The number of benzene rings is 3. The van der Waals surface area contributed by atoms with E-state index in [0.29, 0.717) is 11.3 Å². The maximum Gasteiger partial charge on any atom is 0.343 e. The summed E-state index contributed by atoms with van der Waals surface area (Å²) in [6, 6.07) is 24.2. The van der Waals surface area contributed by atoms with Gasteiger partial charge in [-0.05, 0) is 72.7 Å². The van der Waals surface area contributed by atoms with Crippen LogP contribution in [0, 0.1) is 0 Å². The van der Waals surface area contributed by atoms with Gasteiger partial charge in [-0.2, -0.15) is 0 Å². The molecule has 3 rings (SSSR count). The second-order valence-electron chi connectivity index (χ2n) is 12.1. The Morgan fingerprint density at radius 3 is 1.60 bits per heavy atom. The Labute approximate surface area is 262 Å². The predicted octanol–water partition coefficient (Wildman–Crippen LogP) is 12.1. The smallest absolute Gasteiger partial charge is 0.343 e. The highest BCUT2D eigenvalue weighted by atomic mass is 16.5. The average Bonchev–Trinajstić information content (AvgIpc) is 3.04. The molecule has 0 aromatic heterocycles. The molecule has 3 aromatic carbocycles. The second-order valence-corrected chi connectivity index (χ2v) is 12.1. The standard InChI is InChI=1S/C40H56O3/c1-4-6-8-9-10-11-12-13-14-15-16-17-18-19-34-20-22-36(23-21-34)37-24-26-38(27-25-37)40(41)43-39-30-28-35(29-31-39)33(3)42-32-7-5-2/h20-31,33H,4-19,32H2,1-3H3. The number of ether oxygens (including phenoxy) is 2. The molecule has 0 spiro atoms. The predicted molar refractivity (Wildman–Crippen MR) is 182 cm³/mol. The molecular formula is C40H56O3. The molecular weight excluding hydrogens is 528 g/mol. The summed E-state index contributed by atoms with van der Waals surface area (Å²) >= 11 is 0. The maximum atomic E-state index is 12.7. The molecule has 0 aliphatic rings. The lowest BCUT2D eigenvalue weighted by Gasteiger charge is -2.13. The zero-order chi connectivity index (χ0) is 30.5. The molecule has 0 heterocycles. The van der Waals surface area contributed by atoms with Crippen LogP contribution in [0.4, 0.5) is 0 Å². The van der Waals surface area contributed by atoms with Crippen molar-refractivity contribution < 1.29 is 14.3 Å². The van der Waals surface area contributed by atoms with Gasteiger partial charge in [-0.3, -0.25) is 0 Å². The Bertz CT molecular complexity index is 1130. The van der Waals surface area contributed by atoms with Crippen molar-refractivity contribution in [3.8, 4) is 16.9 Å². The summed E-state index contributed by atoms with van der Waals surface area (Å²) in [5.74, 6) is 0.192. The molecule has 3 heteroatoms. The van der Waals surface area contributed by atoms with E-state index in [2.05, 4.69) is 38.1 Å². The Morgan fingerprint density at radius 1 is 0.581 bits per heavy atom. The minimum absolute atomic E-state index is 0.0251. The van der Waals surface area contributed by atoms with E-state index in [1.807, 2.05) is 55.5 Å². The fraction of sp³-hybridized carbons (Fsp3) is 0.525. The molecule has 0 aliphatic heterocycles. The van der Waals surface area contributed by atoms with E-state index in [-0.39, 0.29) is 12.1 Å². The highest BCUT2D eigenvalue weighted by molar-refractivity contribution is 5.91. The third kappa shape index (κ3) is 13.5. The molecule has 0 fully saturated rings. The van der Waals surface area contributed by atoms with E-state index in [9.17, 15) is 4.79 Å². The number of hydrogen-bond acceptors (Lipinski definition) is 3. The van der Waals surface area contributed by atoms with Gasteiger partial charge in [0.05, 0.1) is 11.7 Å². The topological polar surface area (TPSA) is 35.5 Å². The van der Waals surface area contributed by atoms with Crippen molar-refractivity contribution in [2.75, 3.05) is 6.61 Å². The van der Waals surface area contributed by atoms with Crippen molar-refractivity contribution >= 4 is 5.97 Å². The average molecular weight is 585 g/mol. The van der Waals surface area contributed by atoms with Crippen molar-refractivity contribution in [3.63, 3.8) is 0 Å². The molecule has 0 radical (unpaired) electrons. The molecule has 43 heavy (non-hydrogen) atoms. The second kappa shape index (κ2) is 20.9. The molecule has 0 saturated heterocycles. The molecule has 0 aliphatic carbocycles. The third-order valence-corrected chi connectivity index (χ3v) is 8.40. The number of hydrogen-bond donors (Lipinski definition) is 0. The third-order valence-electron chi connectivity index (χ3n) is 8.40. The lowest BCUT2D eigenvalue weighted by Crippen LogP contribution is -2.08. The van der Waals surface area contributed by atoms with Crippen LogP contribution in [0.1, 0.15) is 145 Å². The van der Waals surface area contributed by atoms with Crippen molar-refractivity contribution in [1.29, 1.82) is 0 Å². The molecule has 0 N–H and O–H groups in total. The van der Waals surface area contributed by atoms with E-state index in [1.165, 1.54) is 94.6 Å². The van der Waals surface area contributed by atoms with Gasteiger partial charge in [0.1, 0.15) is 5.75 Å². The minimum Gasteiger partial charge on any atom is -0.423 e. The maximum absolute atomic E-state index is 12.7. The van der Waals surface area contributed by atoms with E-state index < -0.39 is 0 Å². The molecule has 3 aromatic rings. The number of aryl methyl sites for hydroxylation is 1. The molecule has 0 bridgehead atoms. The largest absolute Gasteiger partial charge is 0.423 e. The highest BCUT2D eigenvalue weighted by Crippen LogP contribution is 2.24. The van der Waals surface area contributed by atoms with E-state index in [0.717, 1.165) is 37.0 Å². The molecule has 3 nitrogen and oxygen atoms in total. The first-order chi connectivity index (χ1) is 21.1. The Kier molecular flexibility index (Phi) is 16.8. The van der Waals surface area contributed by atoms with Gasteiger partial charge in [0.25, 0.3) is 0 Å². The van der Waals surface area contributed by atoms with Crippen LogP contribution in [-0.2, 0) is 11.2 Å². The van der Waals surface area contributed by atoms with Crippen molar-refractivity contribution in [3.05, 3.63) is 89.5 Å². The van der Waals surface area contributed by atoms with Gasteiger partial charge < -0.3 is 9.47 Å². The zero-order valence-electron chi connectivity index (χ0n) is 27.3. The van der Waals surface area contributed by atoms with Crippen LogP contribution in [0.2, 0.25) is 0 Å². The van der Waals surface area contributed by atoms with E-state index in [4.69, 9.17) is 9.47 Å². The number of carbonyl (C=O) groups is 1. The van der Waals surface area contributed by atoms with E-state index in [1.54, 1.807) is 0 Å². The summed E-state index contributed by atoms with van der Waals surface area (Å²) in [4.78, 5) is 12.7. The number of esters is 1. The van der Waals surface area contributed by atoms with Gasteiger partial charge in [0.2, 0.25) is 0 Å². The molecule has 0 saturated carbocycles. The Hall–Kier alpha value is -2.91. The van der Waals surface area contributed by atoms with Crippen LogP contribution in [0.5, 0.6) is 5.75 Å². The van der Waals surface area contributed by atoms with E-state index >= 15 is 0 Å². The van der Waals surface area contributed by atoms with Gasteiger partial charge in [0, 0.05) is 6.61 Å². The van der Waals surface area contributed by atoms with Crippen LogP contribution in [0.3, 0.4) is 0 Å². The first-order valence-electron chi connectivity index (χ1n) is 17.2. The first kappa shape index (κ1) is 34.6. The normalized spacial score (nSPS) is 11.9. The molecule has 1 atom stereocenters. The van der Waals surface area contributed by atoms with Crippen LogP contribution >= 0.6 is 0 Å². The highest BCUT2D eigenvalue weighted by Gasteiger charge is 2.11. The fourth-order valence-corrected chi connectivity index (χ4v) is 5.48. The number of carbonyl (C=O) groups excluding carboxylic acids is 1. The van der Waals surface area contributed by atoms with Crippen LogP contribution < -0.4 is 4.74 Å². The molecule has 1 unspecified atom stereocenters. The van der Waals surface area contributed by atoms with Crippen LogP contribution in [0.15, 0.2) is 72.8 Å². The van der Waals surface area contributed by atoms with Gasteiger partial charge in [-0.1, -0.05) is 146 Å². The summed E-state index contributed by atoms with van der Waals surface area (Å²) in [6.45, 7) is 7.25. The molecule has 234 valence electrons. The zero-order valence-corrected chi connectivity index (χ0v) is 27.3. The summed E-state index contributed by atoms with van der Waals surface area (Å²) in [7, 11) is 0. The van der Waals surface area contributed by atoms with Crippen molar-refractivity contribution in [2.24, 2.45) is 0 Å². The monoisotopic (exact) mass is 584 g/mol. The van der Waals surface area contributed by atoms with Gasteiger partial charge in [0.15, 0.2) is 0 Å². The van der Waals surface area contributed by atoms with Crippen molar-refractivity contribution in [2.45, 2.75) is 130 Å². The molecule has 0 amide bonds. The SMILES string of the molecule is CCCCCCCCCCCCCCCc1ccc(-c2ccc(C(=O)Oc3ccc(C(C)OCCCC)cc3)cc2)cc1. The Morgan fingerprint density at radius 2 is 1.07 bits per heavy atom. The summed E-state index contributed by atoms with van der Waals surface area (Å²) in [5, 5.41) is 0. The Balaban J connectivity index is 1.32. The quantitative estimate of drug-likeness (QED) is 0.0669. The first-order valence-corrected chi connectivity index (χ1v) is 17.2. The lowest BCUT2D eigenvalue weighted by molar-refractivity contribution is 0.0636. The van der Waals surface area contributed by atoms with Crippen LogP contribution in [0.25, 0.3) is 11.1 Å². The number of unbranched alkanes of at least 4 members (excludes halogenated alkanes) is 13. The van der Waals surface area contributed by atoms with Crippen LogP contribution in [-0.4, -0.2) is 12.6 Å².